The van der Waals surface area contributed by atoms with E-state index in [1.54, 1.807) is 66.5 Å². The van der Waals surface area contributed by atoms with E-state index in [9.17, 15) is 4.79 Å². The molecule has 0 bridgehead atoms. The van der Waals surface area contributed by atoms with E-state index in [2.05, 4.69) is 25.9 Å². The van der Waals surface area contributed by atoms with Crippen LogP contribution in [-0.2, 0) is 4.79 Å². The number of rotatable bonds is 10. The number of H-pyrrole nitrogens is 1. The molecule has 4 aromatic rings. The Bertz CT molecular complexity index is 1320. The minimum atomic E-state index is -0.470. The number of ether oxygens (including phenoxy) is 2. The average Bonchev–Trinajstić information content (AvgIpc) is 3.37. The summed E-state index contributed by atoms with van der Waals surface area (Å²) in [5, 5.41) is 18.3. The van der Waals surface area contributed by atoms with Gasteiger partial charge in [-0.05, 0) is 55.6 Å². The Hall–Kier alpha value is -3.37. The lowest BCUT2D eigenvalue weighted by Gasteiger charge is -2.25. The molecule has 0 saturated heterocycles. The van der Waals surface area contributed by atoms with Crippen molar-refractivity contribution in [3.63, 3.8) is 0 Å². The minimum absolute atomic E-state index is 0.0173. The Kier molecular flexibility index (Phi) is 8.61. The number of amides is 1. The zero-order valence-electron chi connectivity index (χ0n) is 19.0. The average molecular weight is 548 g/mol. The van der Waals surface area contributed by atoms with Gasteiger partial charge in [0.2, 0.25) is 5.91 Å². The fraction of sp³-hybridized carbons (Fsp3) is 0.167. The zero-order chi connectivity index (χ0) is 25.5. The van der Waals surface area contributed by atoms with Gasteiger partial charge in [-0.15, -0.1) is 10.2 Å². The standard InChI is InChI=1S/C24H21Cl3N6O3/c1-33(20(24-29-31-32-30-24)14-35-21-8-3-2-7-18(21)26)13-23(34)28-16-9-10-22(19(27)12-16)36-17-6-4-5-15(25)11-17/h2-12,20H,13-14H2,1H3,(H,28,34)(H,29,30,31,32). The molecule has 9 nitrogen and oxygen atoms in total. The van der Waals surface area contributed by atoms with E-state index >= 15 is 0 Å². The smallest absolute Gasteiger partial charge is 0.238 e. The van der Waals surface area contributed by atoms with Crippen LogP contribution in [0, 0.1) is 0 Å². The molecular weight excluding hydrogens is 527 g/mol. The number of aromatic nitrogens is 4. The highest BCUT2D eigenvalue weighted by Crippen LogP contribution is 2.32. The number of nitrogens with zero attached hydrogens (tertiary/aromatic N) is 4. The van der Waals surface area contributed by atoms with Crippen LogP contribution < -0.4 is 14.8 Å². The predicted molar refractivity (Wildman–Crippen MR) is 138 cm³/mol. The molecule has 0 spiro atoms. The molecule has 1 amide bonds. The Morgan fingerprint density at radius 3 is 2.58 bits per heavy atom. The number of benzene rings is 3. The molecule has 1 aromatic heterocycles. The number of anilines is 1. The quantitative estimate of drug-likeness (QED) is 0.265. The largest absolute Gasteiger partial charge is 0.490 e. The third-order valence-electron chi connectivity index (χ3n) is 5.06. The number of tetrazole rings is 1. The first kappa shape index (κ1) is 25.7. The molecule has 0 radical (unpaired) electrons. The first-order valence-electron chi connectivity index (χ1n) is 10.7. The van der Waals surface area contributed by atoms with Crippen molar-refractivity contribution in [3.8, 4) is 17.2 Å². The highest BCUT2D eigenvalue weighted by atomic mass is 35.5. The molecule has 0 saturated carbocycles. The van der Waals surface area contributed by atoms with Gasteiger partial charge in [0.25, 0.3) is 0 Å². The number of aromatic amines is 1. The summed E-state index contributed by atoms with van der Waals surface area (Å²) in [6, 6.07) is 18.6. The van der Waals surface area contributed by atoms with Crippen molar-refractivity contribution in [1.29, 1.82) is 0 Å². The number of para-hydroxylation sites is 1. The van der Waals surface area contributed by atoms with E-state index < -0.39 is 6.04 Å². The molecule has 12 heteroatoms. The summed E-state index contributed by atoms with van der Waals surface area (Å²) < 4.78 is 11.6. The van der Waals surface area contributed by atoms with Crippen LogP contribution in [0.4, 0.5) is 5.69 Å². The third kappa shape index (κ3) is 6.86. The molecule has 1 heterocycles. The fourth-order valence-electron chi connectivity index (χ4n) is 3.30. The maximum absolute atomic E-state index is 12.8. The monoisotopic (exact) mass is 546 g/mol. The molecule has 36 heavy (non-hydrogen) atoms. The van der Waals surface area contributed by atoms with Crippen molar-refractivity contribution in [3.05, 3.63) is 87.6 Å². The summed E-state index contributed by atoms with van der Waals surface area (Å²) in [5.41, 5.74) is 0.514. The van der Waals surface area contributed by atoms with Gasteiger partial charge in [0.1, 0.15) is 29.9 Å². The predicted octanol–water partition coefficient (Wildman–Crippen LogP) is 5.64. The third-order valence-corrected chi connectivity index (χ3v) is 5.90. The molecular formula is C24H21Cl3N6O3. The van der Waals surface area contributed by atoms with Gasteiger partial charge in [-0.2, -0.15) is 5.21 Å². The van der Waals surface area contributed by atoms with Gasteiger partial charge in [-0.25, -0.2) is 0 Å². The Labute approximate surface area is 222 Å². The van der Waals surface area contributed by atoms with Crippen molar-refractivity contribution in [2.45, 2.75) is 6.04 Å². The van der Waals surface area contributed by atoms with Gasteiger partial charge in [-0.3, -0.25) is 9.69 Å². The zero-order valence-corrected chi connectivity index (χ0v) is 21.3. The van der Waals surface area contributed by atoms with Crippen LogP contribution in [0.5, 0.6) is 17.2 Å². The number of likely N-dealkylation sites (N-methyl/N-ethyl adjacent to an activating group) is 1. The normalized spacial score (nSPS) is 11.8. The van der Waals surface area contributed by atoms with Gasteiger partial charge < -0.3 is 14.8 Å². The second kappa shape index (κ2) is 12.0. The van der Waals surface area contributed by atoms with Crippen molar-refractivity contribution >= 4 is 46.4 Å². The minimum Gasteiger partial charge on any atom is -0.490 e. The summed E-state index contributed by atoms with van der Waals surface area (Å²) in [6.07, 6.45) is 0. The Morgan fingerprint density at radius 1 is 1.03 bits per heavy atom. The number of hydrogen-bond acceptors (Lipinski definition) is 7. The van der Waals surface area contributed by atoms with Crippen LogP contribution in [0.3, 0.4) is 0 Å². The van der Waals surface area contributed by atoms with Crippen LogP contribution in [-0.4, -0.2) is 51.6 Å². The van der Waals surface area contributed by atoms with Crippen LogP contribution in [0.15, 0.2) is 66.7 Å². The van der Waals surface area contributed by atoms with E-state index in [0.29, 0.717) is 43.8 Å². The number of carbonyl (C=O) groups excluding carboxylic acids is 1. The summed E-state index contributed by atoms with van der Waals surface area (Å²) in [6.45, 7) is 0.165. The van der Waals surface area contributed by atoms with E-state index in [1.165, 1.54) is 0 Å². The fourth-order valence-corrected chi connectivity index (χ4v) is 3.89. The van der Waals surface area contributed by atoms with Crippen molar-refractivity contribution in [2.24, 2.45) is 0 Å². The van der Waals surface area contributed by atoms with Crippen LogP contribution >= 0.6 is 34.8 Å². The summed E-state index contributed by atoms with van der Waals surface area (Å²) in [7, 11) is 1.76. The van der Waals surface area contributed by atoms with Crippen molar-refractivity contribution in [2.75, 3.05) is 25.5 Å². The molecule has 0 aliphatic carbocycles. The first-order chi connectivity index (χ1) is 17.4. The SMILES string of the molecule is CN(CC(=O)Nc1ccc(Oc2cccc(Cl)c2)c(Cl)c1)C(COc1ccccc1Cl)c1nn[nH]n1. The Morgan fingerprint density at radius 2 is 1.86 bits per heavy atom. The topological polar surface area (TPSA) is 105 Å². The highest BCUT2D eigenvalue weighted by molar-refractivity contribution is 6.32. The van der Waals surface area contributed by atoms with Gasteiger partial charge in [0.15, 0.2) is 5.82 Å². The van der Waals surface area contributed by atoms with Crippen molar-refractivity contribution < 1.29 is 14.3 Å². The number of nitrogens with one attached hydrogen (secondary N) is 2. The Balaban J connectivity index is 1.38. The summed E-state index contributed by atoms with van der Waals surface area (Å²) >= 11 is 18.5. The van der Waals surface area contributed by atoms with Crippen LogP contribution in [0.1, 0.15) is 11.9 Å². The molecule has 186 valence electrons. The number of carbonyl (C=O) groups is 1. The van der Waals surface area contributed by atoms with Gasteiger partial charge >= 0.3 is 0 Å². The lowest BCUT2D eigenvalue weighted by atomic mass is 10.2. The molecule has 4 rings (SSSR count). The van der Waals surface area contributed by atoms with E-state index in [-0.39, 0.29) is 19.1 Å². The summed E-state index contributed by atoms with van der Waals surface area (Å²) in [5.74, 6) is 1.60. The maximum atomic E-state index is 12.8. The maximum Gasteiger partial charge on any atom is 0.238 e. The first-order valence-corrected chi connectivity index (χ1v) is 11.9. The molecule has 2 N–H and O–H groups in total. The van der Waals surface area contributed by atoms with E-state index in [1.807, 2.05) is 12.1 Å². The number of hydrogen-bond donors (Lipinski definition) is 2. The molecule has 0 fully saturated rings. The highest BCUT2D eigenvalue weighted by Gasteiger charge is 2.24. The molecule has 1 unspecified atom stereocenters. The number of halogens is 3. The van der Waals surface area contributed by atoms with Gasteiger partial charge in [0.05, 0.1) is 16.6 Å². The van der Waals surface area contributed by atoms with Crippen LogP contribution in [0.25, 0.3) is 0 Å². The lowest BCUT2D eigenvalue weighted by Crippen LogP contribution is -2.36. The van der Waals surface area contributed by atoms with Crippen LogP contribution in [0.2, 0.25) is 15.1 Å². The van der Waals surface area contributed by atoms with Gasteiger partial charge in [-0.1, -0.05) is 58.2 Å². The van der Waals surface area contributed by atoms with Crippen molar-refractivity contribution in [1.82, 2.24) is 25.5 Å². The second-order valence-electron chi connectivity index (χ2n) is 7.70. The van der Waals surface area contributed by atoms with E-state index in [0.717, 1.165) is 0 Å². The summed E-state index contributed by atoms with van der Waals surface area (Å²) in [4.78, 5) is 14.5. The van der Waals surface area contributed by atoms with Gasteiger partial charge in [0, 0.05) is 10.7 Å². The molecule has 3 aromatic carbocycles. The molecule has 0 aliphatic rings. The van der Waals surface area contributed by atoms with E-state index in [4.69, 9.17) is 44.3 Å². The lowest BCUT2D eigenvalue weighted by molar-refractivity contribution is -0.117. The molecule has 1 atom stereocenters. The second-order valence-corrected chi connectivity index (χ2v) is 8.95. The molecule has 0 aliphatic heterocycles.